The van der Waals surface area contributed by atoms with E-state index in [1.165, 1.54) is 11.6 Å². The number of amides is 1. The van der Waals surface area contributed by atoms with E-state index in [1.807, 2.05) is 0 Å². The molecule has 0 spiro atoms. The molecule has 2 aromatic heterocycles. The zero-order valence-corrected chi connectivity index (χ0v) is 19.2. The molecule has 2 heterocycles. The van der Waals surface area contributed by atoms with E-state index in [-0.39, 0.29) is 29.1 Å². The average Bonchev–Trinajstić information content (AvgIpc) is 3.63. The van der Waals surface area contributed by atoms with Gasteiger partial charge in [0.25, 0.3) is 5.56 Å². The number of hydrogen-bond donors (Lipinski definition) is 1. The highest BCUT2D eigenvalue weighted by molar-refractivity contribution is 6.31. The number of anilines is 1. The van der Waals surface area contributed by atoms with Crippen LogP contribution in [0.5, 0.6) is 0 Å². The lowest BCUT2D eigenvalue weighted by atomic mass is 10.1. The molecule has 1 aromatic carbocycles. The third-order valence-electron chi connectivity index (χ3n) is 5.65. The third kappa shape index (κ3) is 4.28. The number of pyridine rings is 1. The summed E-state index contributed by atoms with van der Waals surface area (Å²) in [4.78, 5) is 56.2. The lowest BCUT2D eigenvalue weighted by molar-refractivity contribution is -0.116. The molecule has 3 aromatic rings. The van der Waals surface area contributed by atoms with E-state index in [1.54, 1.807) is 38.1 Å². The molecule has 0 atom stereocenters. The first-order valence-electron chi connectivity index (χ1n) is 10.6. The predicted octanol–water partition coefficient (Wildman–Crippen LogP) is 2.75. The summed E-state index contributed by atoms with van der Waals surface area (Å²) >= 11 is 6.10. The summed E-state index contributed by atoms with van der Waals surface area (Å²) in [5.41, 5.74) is 0.439. The van der Waals surface area contributed by atoms with Crippen molar-refractivity contribution in [2.45, 2.75) is 39.2 Å². The molecule has 1 aliphatic rings. The van der Waals surface area contributed by atoms with Crippen molar-refractivity contribution in [3.63, 3.8) is 0 Å². The lowest BCUT2D eigenvalue weighted by Crippen LogP contribution is -2.42. The fourth-order valence-electron chi connectivity index (χ4n) is 3.67. The maximum absolute atomic E-state index is 13.3. The van der Waals surface area contributed by atoms with Crippen LogP contribution in [0.25, 0.3) is 11.0 Å². The molecule has 0 saturated heterocycles. The number of benzene rings is 1. The Morgan fingerprint density at radius 3 is 2.67 bits per heavy atom. The molecular weight excluding hydrogens is 448 g/mol. The smallest absolute Gasteiger partial charge is 0.339 e. The molecule has 1 aliphatic carbocycles. The lowest BCUT2D eigenvalue weighted by Gasteiger charge is -2.14. The van der Waals surface area contributed by atoms with E-state index in [0.29, 0.717) is 22.0 Å². The minimum absolute atomic E-state index is 0.0455. The Labute approximate surface area is 194 Å². The van der Waals surface area contributed by atoms with E-state index in [2.05, 4.69) is 10.3 Å². The van der Waals surface area contributed by atoms with Crippen molar-refractivity contribution >= 4 is 40.2 Å². The minimum atomic E-state index is -0.774. The molecule has 0 unspecified atom stereocenters. The predicted molar refractivity (Wildman–Crippen MR) is 124 cm³/mol. The SMILES string of the molecule is CCOC(=O)c1cc(C2CC2)nc2c1c(=O)n(CC(=O)Nc1cccc(Cl)c1C)c(=O)n2C. The second kappa shape index (κ2) is 8.82. The fourth-order valence-corrected chi connectivity index (χ4v) is 3.85. The van der Waals surface area contributed by atoms with Crippen LogP contribution in [0.4, 0.5) is 5.69 Å². The number of nitrogens with one attached hydrogen (secondary N) is 1. The number of halogens is 1. The Bertz CT molecular complexity index is 1400. The van der Waals surface area contributed by atoms with Crippen molar-refractivity contribution < 1.29 is 14.3 Å². The molecule has 1 N–H and O–H groups in total. The summed E-state index contributed by atoms with van der Waals surface area (Å²) in [7, 11) is 1.46. The van der Waals surface area contributed by atoms with Crippen LogP contribution in [0.3, 0.4) is 0 Å². The van der Waals surface area contributed by atoms with Crippen molar-refractivity contribution in [2.24, 2.45) is 7.05 Å². The van der Waals surface area contributed by atoms with Gasteiger partial charge < -0.3 is 10.1 Å². The average molecular weight is 471 g/mol. The van der Waals surface area contributed by atoms with E-state index in [4.69, 9.17) is 16.3 Å². The van der Waals surface area contributed by atoms with Gasteiger partial charge in [0.05, 0.1) is 17.6 Å². The molecule has 172 valence electrons. The zero-order valence-electron chi connectivity index (χ0n) is 18.5. The second-order valence-electron chi connectivity index (χ2n) is 7.98. The number of nitrogens with zero attached hydrogens (tertiary/aromatic N) is 3. The number of rotatable bonds is 6. The number of aryl methyl sites for hydroxylation is 1. The molecule has 0 radical (unpaired) electrons. The van der Waals surface area contributed by atoms with Gasteiger partial charge in [-0.1, -0.05) is 17.7 Å². The molecule has 33 heavy (non-hydrogen) atoms. The van der Waals surface area contributed by atoms with Crippen LogP contribution in [-0.4, -0.2) is 32.6 Å². The van der Waals surface area contributed by atoms with E-state index in [0.717, 1.165) is 17.4 Å². The van der Waals surface area contributed by atoms with E-state index in [9.17, 15) is 19.2 Å². The fraction of sp³-hybridized carbons (Fsp3) is 0.348. The Balaban J connectivity index is 1.81. The van der Waals surface area contributed by atoms with Crippen LogP contribution >= 0.6 is 11.6 Å². The monoisotopic (exact) mass is 470 g/mol. The number of esters is 1. The van der Waals surface area contributed by atoms with Gasteiger partial charge >= 0.3 is 11.7 Å². The molecular formula is C23H23ClN4O5. The number of carbonyl (C=O) groups excluding carboxylic acids is 2. The Kier molecular flexibility index (Phi) is 6.07. The zero-order chi connectivity index (χ0) is 23.9. The van der Waals surface area contributed by atoms with Crippen LogP contribution in [-0.2, 0) is 23.1 Å². The Hall–Kier alpha value is -3.46. The Morgan fingerprint density at radius 2 is 2.00 bits per heavy atom. The molecule has 0 bridgehead atoms. The topological polar surface area (TPSA) is 112 Å². The highest BCUT2D eigenvalue weighted by Gasteiger charge is 2.29. The van der Waals surface area contributed by atoms with Gasteiger partial charge in [0.15, 0.2) is 0 Å². The Morgan fingerprint density at radius 1 is 1.27 bits per heavy atom. The van der Waals surface area contributed by atoms with E-state index >= 15 is 0 Å². The molecule has 10 heteroatoms. The van der Waals surface area contributed by atoms with Crippen molar-refractivity contribution in [1.82, 2.24) is 14.1 Å². The van der Waals surface area contributed by atoms with Gasteiger partial charge in [0, 0.05) is 29.4 Å². The molecule has 1 amide bonds. The van der Waals surface area contributed by atoms with Crippen molar-refractivity contribution in [3.8, 4) is 0 Å². The van der Waals surface area contributed by atoms with Gasteiger partial charge in [0.1, 0.15) is 12.2 Å². The first kappa shape index (κ1) is 22.7. The normalized spacial score (nSPS) is 13.2. The standard InChI is InChI=1S/C23H23ClN4O5/c1-4-33-22(31)14-10-17(13-8-9-13)26-20-19(14)21(30)28(23(32)27(20)3)11-18(29)25-16-7-5-6-15(24)12(16)2/h5-7,10,13H,4,8-9,11H2,1-3H3,(H,25,29). The number of hydrogen-bond acceptors (Lipinski definition) is 6. The molecule has 1 fully saturated rings. The maximum Gasteiger partial charge on any atom is 0.339 e. The number of carbonyl (C=O) groups is 2. The molecule has 9 nitrogen and oxygen atoms in total. The highest BCUT2D eigenvalue weighted by atomic mass is 35.5. The quantitative estimate of drug-likeness (QED) is 0.554. The number of fused-ring (bicyclic) bond motifs is 1. The van der Waals surface area contributed by atoms with Gasteiger partial charge in [-0.2, -0.15) is 0 Å². The first-order valence-corrected chi connectivity index (χ1v) is 11.0. The van der Waals surface area contributed by atoms with Gasteiger partial charge in [-0.05, 0) is 50.5 Å². The van der Waals surface area contributed by atoms with Gasteiger partial charge in [0.2, 0.25) is 5.91 Å². The van der Waals surface area contributed by atoms with E-state index < -0.39 is 29.7 Å². The summed E-state index contributed by atoms with van der Waals surface area (Å²) in [6.45, 7) is 3.00. The van der Waals surface area contributed by atoms with Crippen molar-refractivity contribution in [1.29, 1.82) is 0 Å². The van der Waals surface area contributed by atoms with Gasteiger partial charge in [-0.15, -0.1) is 0 Å². The summed E-state index contributed by atoms with van der Waals surface area (Å²) in [5.74, 6) is -1.07. The van der Waals surface area contributed by atoms with Crippen LogP contribution < -0.4 is 16.6 Å². The van der Waals surface area contributed by atoms with Crippen LogP contribution in [0, 0.1) is 6.92 Å². The maximum atomic E-state index is 13.3. The van der Waals surface area contributed by atoms with Crippen LogP contribution in [0.15, 0.2) is 33.9 Å². The second-order valence-corrected chi connectivity index (χ2v) is 8.39. The van der Waals surface area contributed by atoms with Gasteiger partial charge in [-0.25, -0.2) is 14.6 Å². The van der Waals surface area contributed by atoms with Crippen LogP contribution in [0.1, 0.15) is 47.3 Å². The number of ether oxygens (including phenoxy) is 1. The van der Waals surface area contributed by atoms with Crippen molar-refractivity contribution in [3.05, 3.63) is 66.9 Å². The molecule has 4 rings (SSSR count). The summed E-state index contributed by atoms with van der Waals surface area (Å²) in [5, 5.41) is 3.10. The highest BCUT2D eigenvalue weighted by Crippen LogP contribution is 2.40. The van der Waals surface area contributed by atoms with Crippen LogP contribution in [0.2, 0.25) is 5.02 Å². The summed E-state index contributed by atoms with van der Waals surface area (Å²) < 4.78 is 7.12. The van der Waals surface area contributed by atoms with Gasteiger partial charge in [-0.3, -0.25) is 18.7 Å². The largest absolute Gasteiger partial charge is 0.462 e. The molecule has 0 aliphatic heterocycles. The summed E-state index contributed by atoms with van der Waals surface area (Å²) in [6, 6.07) is 6.60. The number of aromatic nitrogens is 3. The minimum Gasteiger partial charge on any atom is -0.462 e. The van der Waals surface area contributed by atoms with Crippen molar-refractivity contribution in [2.75, 3.05) is 11.9 Å². The first-order chi connectivity index (χ1) is 15.7. The molecule has 1 saturated carbocycles. The third-order valence-corrected chi connectivity index (χ3v) is 6.06. The summed E-state index contributed by atoms with van der Waals surface area (Å²) in [6.07, 6.45) is 1.85.